The SMILES string of the molecule is C[C@H](Oc1ccc(-c2ccc(F)cc2)cc1)[C@@H](C)CCc1cccnc1. The van der Waals surface area contributed by atoms with Gasteiger partial charge in [0.25, 0.3) is 0 Å². The minimum absolute atomic E-state index is 0.128. The summed E-state index contributed by atoms with van der Waals surface area (Å²) in [6.07, 6.45) is 5.91. The fraction of sp³-hybridized carbons (Fsp3) is 0.261. The molecule has 0 aliphatic carbocycles. The van der Waals surface area contributed by atoms with Crippen LogP contribution in [0.15, 0.2) is 73.1 Å². The first-order chi connectivity index (χ1) is 12.6. The molecule has 0 aliphatic rings. The normalized spacial score (nSPS) is 13.2. The van der Waals surface area contributed by atoms with Crippen LogP contribution in [0, 0.1) is 11.7 Å². The number of hydrogen-bond acceptors (Lipinski definition) is 2. The minimum atomic E-state index is -0.220. The molecule has 2 aromatic carbocycles. The quantitative estimate of drug-likeness (QED) is 0.528. The predicted molar refractivity (Wildman–Crippen MR) is 104 cm³/mol. The maximum absolute atomic E-state index is 13.0. The first kappa shape index (κ1) is 18.1. The standard InChI is InChI=1S/C23H24FNO/c1-17(5-6-19-4-3-15-25-16-19)18(2)26-23-13-9-21(10-14-23)20-7-11-22(24)12-8-20/h3-4,7-18H,5-6H2,1-2H3/t17-,18-/m0/s1. The van der Waals surface area contributed by atoms with Crippen molar-refractivity contribution in [1.29, 1.82) is 0 Å². The number of aromatic nitrogens is 1. The lowest BCUT2D eigenvalue weighted by Gasteiger charge is -2.21. The lowest BCUT2D eigenvalue weighted by atomic mass is 9.97. The van der Waals surface area contributed by atoms with Gasteiger partial charge in [-0.25, -0.2) is 4.39 Å². The number of pyridine rings is 1. The number of nitrogens with zero attached hydrogens (tertiary/aromatic N) is 1. The number of rotatable bonds is 7. The van der Waals surface area contributed by atoms with Gasteiger partial charge >= 0.3 is 0 Å². The Labute approximate surface area is 154 Å². The summed E-state index contributed by atoms with van der Waals surface area (Å²) in [4.78, 5) is 4.16. The summed E-state index contributed by atoms with van der Waals surface area (Å²) in [6.45, 7) is 4.33. The van der Waals surface area contributed by atoms with Gasteiger partial charge in [-0.15, -0.1) is 0 Å². The first-order valence-corrected chi connectivity index (χ1v) is 9.03. The Balaban J connectivity index is 1.55. The van der Waals surface area contributed by atoms with Gasteiger partial charge in [0, 0.05) is 12.4 Å². The topological polar surface area (TPSA) is 22.1 Å². The van der Waals surface area contributed by atoms with Crippen LogP contribution in [0.25, 0.3) is 11.1 Å². The van der Waals surface area contributed by atoms with Crippen molar-refractivity contribution in [2.75, 3.05) is 0 Å². The van der Waals surface area contributed by atoms with Crippen LogP contribution in [0.2, 0.25) is 0 Å². The van der Waals surface area contributed by atoms with Gasteiger partial charge in [0.1, 0.15) is 11.6 Å². The molecule has 0 unspecified atom stereocenters. The fourth-order valence-corrected chi connectivity index (χ4v) is 2.87. The van der Waals surface area contributed by atoms with Crippen LogP contribution in [-0.4, -0.2) is 11.1 Å². The molecular weight excluding hydrogens is 325 g/mol. The van der Waals surface area contributed by atoms with Gasteiger partial charge in [-0.3, -0.25) is 4.98 Å². The van der Waals surface area contributed by atoms with E-state index in [4.69, 9.17) is 4.74 Å². The molecule has 3 heteroatoms. The fourth-order valence-electron chi connectivity index (χ4n) is 2.87. The van der Waals surface area contributed by atoms with Crippen LogP contribution < -0.4 is 4.74 Å². The number of benzene rings is 2. The third kappa shape index (κ3) is 4.92. The molecule has 134 valence electrons. The van der Waals surface area contributed by atoms with Crippen LogP contribution in [0.3, 0.4) is 0 Å². The van der Waals surface area contributed by atoms with Crippen molar-refractivity contribution >= 4 is 0 Å². The zero-order valence-corrected chi connectivity index (χ0v) is 15.2. The summed E-state index contributed by atoms with van der Waals surface area (Å²) in [5.41, 5.74) is 3.31. The summed E-state index contributed by atoms with van der Waals surface area (Å²) in [5.74, 6) is 1.08. The Morgan fingerprint density at radius 1 is 0.923 bits per heavy atom. The second kappa shape index (κ2) is 8.61. The monoisotopic (exact) mass is 349 g/mol. The van der Waals surface area contributed by atoms with Crippen LogP contribution in [-0.2, 0) is 6.42 Å². The molecule has 0 bridgehead atoms. The molecule has 0 aliphatic heterocycles. The van der Waals surface area contributed by atoms with E-state index < -0.39 is 0 Å². The van der Waals surface area contributed by atoms with Crippen molar-refractivity contribution in [2.24, 2.45) is 5.92 Å². The van der Waals surface area contributed by atoms with Gasteiger partial charge in [0.2, 0.25) is 0 Å². The van der Waals surface area contributed by atoms with Gasteiger partial charge < -0.3 is 4.74 Å². The molecule has 0 saturated heterocycles. The zero-order chi connectivity index (χ0) is 18.4. The Morgan fingerprint density at radius 2 is 1.58 bits per heavy atom. The van der Waals surface area contributed by atoms with Gasteiger partial charge in [0.05, 0.1) is 6.10 Å². The van der Waals surface area contributed by atoms with Gasteiger partial charge in [-0.2, -0.15) is 0 Å². The lowest BCUT2D eigenvalue weighted by molar-refractivity contribution is 0.155. The van der Waals surface area contributed by atoms with Crippen molar-refractivity contribution in [2.45, 2.75) is 32.8 Å². The van der Waals surface area contributed by atoms with Crippen LogP contribution in [0.1, 0.15) is 25.8 Å². The number of hydrogen-bond donors (Lipinski definition) is 0. The van der Waals surface area contributed by atoms with Gasteiger partial charge in [-0.05, 0) is 72.7 Å². The molecule has 2 nitrogen and oxygen atoms in total. The van der Waals surface area contributed by atoms with E-state index in [2.05, 4.69) is 24.9 Å². The van der Waals surface area contributed by atoms with E-state index in [-0.39, 0.29) is 11.9 Å². The predicted octanol–water partition coefficient (Wildman–Crippen LogP) is 5.92. The molecule has 26 heavy (non-hydrogen) atoms. The largest absolute Gasteiger partial charge is 0.490 e. The van der Waals surface area contributed by atoms with Crippen LogP contribution in [0.5, 0.6) is 5.75 Å². The Bertz CT molecular complexity index is 800. The summed E-state index contributed by atoms with van der Waals surface area (Å²) < 4.78 is 19.1. The minimum Gasteiger partial charge on any atom is -0.490 e. The Morgan fingerprint density at radius 3 is 2.19 bits per heavy atom. The van der Waals surface area contributed by atoms with Crippen molar-refractivity contribution in [1.82, 2.24) is 4.98 Å². The average molecular weight is 349 g/mol. The van der Waals surface area contributed by atoms with Gasteiger partial charge in [0.15, 0.2) is 0 Å². The molecule has 1 aromatic heterocycles. The van der Waals surface area contributed by atoms with E-state index in [0.717, 1.165) is 29.7 Å². The first-order valence-electron chi connectivity index (χ1n) is 9.03. The molecule has 2 atom stereocenters. The smallest absolute Gasteiger partial charge is 0.123 e. The summed E-state index contributed by atoms with van der Waals surface area (Å²) >= 11 is 0. The molecule has 0 fully saturated rings. The van der Waals surface area contributed by atoms with Crippen LogP contribution in [0.4, 0.5) is 4.39 Å². The molecule has 0 saturated carbocycles. The van der Waals surface area contributed by atoms with E-state index in [0.29, 0.717) is 5.92 Å². The third-order valence-corrected chi connectivity index (χ3v) is 4.77. The maximum atomic E-state index is 13.0. The average Bonchev–Trinajstić information content (AvgIpc) is 2.68. The number of halogens is 1. The zero-order valence-electron chi connectivity index (χ0n) is 15.2. The second-order valence-electron chi connectivity index (χ2n) is 6.73. The summed E-state index contributed by atoms with van der Waals surface area (Å²) in [7, 11) is 0. The van der Waals surface area contributed by atoms with E-state index in [1.807, 2.05) is 36.5 Å². The summed E-state index contributed by atoms with van der Waals surface area (Å²) in [6, 6.07) is 18.6. The molecule has 1 heterocycles. The van der Waals surface area contributed by atoms with Crippen molar-refractivity contribution in [3.05, 3.63) is 84.4 Å². The Hall–Kier alpha value is -2.68. The highest BCUT2D eigenvalue weighted by Gasteiger charge is 2.14. The molecule has 0 N–H and O–H groups in total. The van der Waals surface area contributed by atoms with E-state index >= 15 is 0 Å². The molecule has 0 radical (unpaired) electrons. The molecule has 0 spiro atoms. The van der Waals surface area contributed by atoms with Crippen molar-refractivity contribution < 1.29 is 9.13 Å². The highest BCUT2D eigenvalue weighted by molar-refractivity contribution is 5.63. The highest BCUT2D eigenvalue weighted by Crippen LogP contribution is 2.24. The lowest BCUT2D eigenvalue weighted by Crippen LogP contribution is -2.21. The summed E-state index contributed by atoms with van der Waals surface area (Å²) in [5, 5.41) is 0. The van der Waals surface area contributed by atoms with E-state index in [1.54, 1.807) is 18.3 Å². The van der Waals surface area contributed by atoms with Gasteiger partial charge in [-0.1, -0.05) is 37.3 Å². The Kier molecular flexibility index (Phi) is 6.00. The molecule has 3 aromatic rings. The van der Waals surface area contributed by atoms with E-state index in [9.17, 15) is 4.39 Å². The van der Waals surface area contributed by atoms with E-state index in [1.165, 1.54) is 17.7 Å². The number of aryl methyl sites for hydroxylation is 1. The highest BCUT2D eigenvalue weighted by atomic mass is 19.1. The van der Waals surface area contributed by atoms with Crippen molar-refractivity contribution in [3.63, 3.8) is 0 Å². The maximum Gasteiger partial charge on any atom is 0.123 e. The van der Waals surface area contributed by atoms with Crippen LogP contribution >= 0.6 is 0 Å². The van der Waals surface area contributed by atoms with Crippen molar-refractivity contribution in [3.8, 4) is 16.9 Å². The molecule has 0 amide bonds. The number of ether oxygens (including phenoxy) is 1. The molecular formula is C23H24FNO. The third-order valence-electron chi connectivity index (χ3n) is 4.77. The second-order valence-corrected chi connectivity index (χ2v) is 6.73. The molecule has 3 rings (SSSR count).